The summed E-state index contributed by atoms with van der Waals surface area (Å²) >= 11 is 6.48. The number of hydrogen-bond acceptors (Lipinski definition) is 1. The van der Waals surface area contributed by atoms with Crippen molar-refractivity contribution in [3.05, 3.63) is 102 Å². The fourth-order valence-electron chi connectivity index (χ4n) is 4.98. The van der Waals surface area contributed by atoms with Crippen molar-refractivity contribution in [3.63, 3.8) is 0 Å². The summed E-state index contributed by atoms with van der Waals surface area (Å²) in [5.74, 6) is 0. The molecule has 0 radical (unpaired) electrons. The summed E-state index contributed by atoms with van der Waals surface area (Å²) in [5, 5.41) is 7.63. The second-order valence-electron chi connectivity index (χ2n) is 7.90. The Morgan fingerprint density at radius 2 is 1.16 bits per heavy atom. The van der Waals surface area contributed by atoms with Gasteiger partial charge in [0.25, 0.3) is 0 Å². The molecule has 3 heteroatoms. The molecule has 2 aromatic heterocycles. The molecule has 0 saturated carbocycles. The number of hydrogen-bond donors (Lipinski definition) is 0. The van der Waals surface area contributed by atoms with E-state index in [2.05, 4.69) is 89.5 Å². The molecular formula is C28H16ClNO. The van der Waals surface area contributed by atoms with E-state index in [1.807, 2.05) is 12.1 Å². The molecule has 146 valence electrons. The van der Waals surface area contributed by atoms with Crippen LogP contribution in [0.2, 0.25) is 5.02 Å². The zero-order valence-corrected chi connectivity index (χ0v) is 17.2. The summed E-state index contributed by atoms with van der Waals surface area (Å²) in [6.45, 7) is 0. The van der Waals surface area contributed by atoms with Crippen LogP contribution in [0.5, 0.6) is 0 Å². The molecule has 0 bridgehead atoms. The van der Waals surface area contributed by atoms with Gasteiger partial charge in [-0.05, 0) is 23.6 Å². The van der Waals surface area contributed by atoms with Crippen molar-refractivity contribution in [2.24, 2.45) is 0 Å². The summed E-state index contributed by atoms with van der Waals surface area (Å²) in [6.07, 6.45) is 0. The van der Waals surface area contributed by atoms with Crippen LogP contribution < -0.4 is 0 Å². The van der Waals surface area contributed by atoms with Gasteiger partial charge in [0, 0.05) is 33.0 Å². The van der Waals surface area contributed by atoms with Gasteiger partial charge >= 0.3 is 0 Å². The van der Waals surface area contributed by atoms with Crippen molar-refractivity contribution in [1.29, 1.82) is 0 Å². The summed E-state index contributed by atoms with van der Waals surface area (Å²) in [7, 11) is 0. The van der Waals surface area contributed by atoms with E-state index < -0.39 is 0 Å². The smallest absolute Gasteiger partial charge is 0.154 e. The number of fused-ring (bicyclic) bond motifs is 8. The Hall–Kier alpha value is -3.75. The number of rotatable bonds is 1. The van der Waals surface area contributed by atoms with Gasteiger partial charge in [-0.15, -0.1) is 0 Å². The molecule has 0 aliphatic carbocycles. The van der Waals surface area contributed by atoms with Crippen molar-refractivity contribution >= 4 is 66.1 Å². The fourth-order valence-corrected chi connectivity index (χ4v) is 5.19. The predicted molar refractivity (Wildman–Crippen MR) is 131 cm³/mol. The second-order valence-corrected chi connectivity index (χ2v) is 8.31. The first-order chi connectivity index (χ1) is 15.3. The van der Waals surface area contributed by atoms with E-state index in [9.17, 15) is 0 Å². The van der Waals surface area contributed by atoms with E-state index in [-0.39, 0.29) is 0 Å². The number of halogens is 1. The maximum Gasteiger partial charge on any atom is 0.154 e. The number of furan rings is 1. The summed E-state index contributed by atoms with van der Waals surface area (Å²) in [5.41, 5.74) is 5.06. The van der Waals surface area contributed by atoms with Crippen LogP contribution in [0.1, 0.15) is 0 Å². The van der Waals surface area contributed by atoms with E-state index in [1.165, 1.54) is 27.2 Å². The highest BCUT2D eigenvalue weighted by molar-refractivity contribution is 6.36. The summed E-state index contributed by atoms with van der Waals surface area (Å²) in [4.78, 5) is 0. The Morgan fingerprint density at radius 3 is 1.87 bits per heavy atom. The van der Waals surface area contributed by atoms with Crippen LogP contribution in [0.25, 0.3) is 60.2 Å². The van der Waals surface area contributed by atoms with Crippen molar-refractivity contribution in [2.75, 3.05) is 0 Å². The van der Waals surface area contributed by atoms with E-state index in [4.69, 9.17) is 16.0 Å². The number of para-hydroxylation sites is 3. The van der Waals surface area contributed by atoms with Crippen LogP contribution in [0, 0.1) is 0 Å². The molecule has 0 amide bonds. The lowest BCUT2D eigenvalue weighted by Crippen LogP contribution is -1.95. The number of benzene rings is 5. The van der Waals surface area contributed by atoms with Crippen LogP contribution in [0.15, 0.2) is 101 Å². The van der Waals surface area contributed by atoms with Crippen molar-refractivity contribution in [2.45, 2.75) is 0 Å². The fraction of sp³-hybridized carbons (Fsp3) is 0. The monoisotopic (exact) mass is 417 g/mol. The molecule has 5 aromatic carbocycles. The standard InChI is InChI=1S/C28H16ClNO/c29-22-13-7-12-21-27-20-11-2-1-10-19(20)25(16-26(27)31-28(21)22)30-23-14-5-3-8-17(23)18-9-4-6-15-24(18)30/h1-16H. The van der Waals surface area contributed by atoms with E-state index in [1.54, 1.807) is 0 Å². The lowest BCUT2D eigenvalue weighted by Gasteiger charge is -2.12. The Morgan fingerprint density at radius 1 is 0.581 bits per heavy atom. The van der Waals surface area contributed by atoms with Gasteiger partial charge in [0.1, 0.15) is 5.58 Å². The van der Waals surface area contributed by atoms with Crippen molar-refractivity contribution in [3.8, 4) is 5.69 Å². The van der Waals surface area contributed by atoms with Crippen molar-refractivity contribution < 1.29 is 4.42 Å². The van der Waals surface area contributed by atoms with Crippen LogP contribution in [-0.2, 0) is 0 Å². The molecule has 0 fully saturated rings. The van der Waals surface area contributed by atoms with Gasteiger partial charge in [-0.2, -0.15) is 0 Å². The van der Waals surface area contributed by atoms with E-state index in [0.717, 1.165) is 33.0 Å². The average molecular weight is 418 g/mol. The van der Waals surface area contributed by atoms with Gasteiger partial charge in [-0.3, -0.25) is 0 Å². The highest BCUT2D eigenvalue weighted by Crippen LogP contribution is 2.41. The molecule has 7 rings (SSSR count). The molecule has 0 aliphatic rings. The van der Waals surface area contributed by atoms with Gasteiger partial charge in [0.15, 0.2) is 5.58 Å². The molecular weight excluding hydrogens is 402 g/mol. The molecule has 0 N–H and O–H groups in total. The molecule has 0 unspecified atom stereocenters. The van der Waals surface area contributed by atoms with Crippen LogP contribution in [0.3, 0.4) is 0 Å². The van der Waals surface area contributed by atoms with Gasteiger partial charge in [0.05, 0.1) is 21.7 Å². The number of aromatic nitrogens is 1. The quantitative estimate of drug-likeness (QED) is 0.262. The molecule has 0 aliphatic heterocycles. The third-order valence-corrected chi connectivity index (χ3v) is 6.55. The minimum atomic E-state index is 0.635. The zero-order valence-electron chi connectivity index (χ0n) is 16.5. The third kappa shape index (κ3) is 2.23. The SMILES string of the molecule is Clc1cccc2c1oc1cc(-n3c4ccccc4c4ccccc43)c3ccccc3c12. The highest BCUT2D eigenvalue weighted by atomic mass is 35.5. The molecule has 0 spiro atoms. The van der Waals surface area contributed by atoms with Gasteiger partial charge in [-0.1, -0.05) is 84.4 Å². The Labute approximate surface area is 182 Å². The van der Waals surface area contributed by atoms with Crippen LogP contribution in [-0.4, -0.2) is 4.57 Å². The van der Waals surface area contributed by atoms with Crippen LogP contribution >= 0.6 is 11.6 Å². The Balaban J connectivity index is 1.74. The topological polar surface area (TPSA) is 18.1 Å². The van der Waals surface area contributed by atoms with Gasteiger partial charge in [-0.25, -0.2) is 0 Å². The summed E-state index contributed by atoms with van der Waals surface area (Å²) < 4.78 is 8.66. The van der Waals surface area contributed by atoms with Gasteiger partial charge < -0.3 is 8.98 Å². The molecule has 2 heterocycles. The normalized spacial score (nSPS) is 12.0. The van der Waals surface area contributed by atoms with Crippen molar-refractivity contribution in [1.82, 2.24) is 4.57 Å². The minimum Gasteiger partial charge on any atom is -0.454 e. The maximum absolute atomic E-state index is 6.48. The van der Waals surface area contributed by atoms with Crippen LogP contribution in [0.4, 0.5) is 0 Å². The van der Waals surface area contributed by atoms with Gasteiger partial charge in [0.2, 0.25) is 0 Å². The van der Waals surface area contributed by atoms with E-state index >= 15 is 0 Å². The Kier molecular flexibility index (Phi) is 3.36. The Bertz CT molecular complexity index is 1750. The first-order valence-corrected chi connectivity index (χ1v) is 10.7. The predicted octanol–water partition coefficient (Wildman–Crippen LogP) is 8.49. The largest absolute Gasteiger partial charge is 0.454 e. The molecule has 2 nitrogen and oxygen atoms in total. The summed E-state index contributed by atoms with van der Waals surface area (Å²) in [6, 6.07) is 33.8. The molecule has 7 aromatic rings. The average Bonchev–Trinajstić information content (AvgIpc) is 3.35. The highest BCUT2D eigenvalue weighted by Gasteiger charge is 2.18. The molecule has 31 heavy (non-hydrogen) atoms. The number of nitrogens with zero attached hydrogens (tertiary/aromatic N) is 1. The minimum absolute atomic E-state index is 0.635. The third-order valence-electron chi connectivity index (χ3n) is 6.26. The molecule has 0 saturated heterocycles. The lowest BCUT2D eigenvalue weighted by atomic mass is 10.0. The van der Waals surface area contributed by atoms with E-state index in [0.29, 0.717) is 5.02 Å². The molecule has 0 atom stereocenters. The zero-order chi connectivity index (χ0) is 20.5. The first kappa shape index (κ1) is 17.0. The lowest BCUT2D eigenvalue weighted by molar-refractivity contribution is 0.669. The second kappa shape index (κ2) is 6.13. The maximum atomic E-state index is 6.48. The first-order valence-electron chi connectivity index (χ1n) is 10.3.